The van der Waals surface area contributed by atoms with Gasteiger partial charge in [0.15, 0.2) is 0 Å². The van der Waals surface area contributed by atoms with Crippen molar-refractivity contribution in [3.63, 3.8) is 0 Å². The highest BCUT2D eigenvalue weighted by Gasteiger charge is 1.99. The van der Waals surface area contributed by atoms with Crippen molar-refractivity contribution in [2.24, 2.45) is 0 Å². The predicted molar refractivity (Wildman–Crippen MR) is 48.0 cm³/mol. The summed E-state index contributed by atoms with van der Waals surface area (Å²) in [5.74, 6) is -0.268. The Labute approximate surface area is 79.0 Å². The summed E-state index contributed by atoms with van der Waals surface area (Å²) in [7, 11) is 0. The van der Waals surface area contributed by atoms with Crippen LogP contribution in [0, 0.1) is 17.1 Å². The predicted octanol–water partition coefficient (Wildman–Crippen LogP) is 3.04. The summed E-state index contributed by atoms with van der Waals surface area (Å²) < 4.78 is 13.2. The third-order valence-electron chi connectivity index (χ3n) is 1.51. The normalized spacial score (nSPS) is 9.42. The second-order valence-electron chi connectivity index (χ2n) is 2.41. The van der Waals surface area contributed by atoms with E-state index in [1.165, 1.54) is 6.07 Å². The monoisotopic (exact) mass is 227 g/mol. The first-order valence-electron chi connectivity index (χ1n) is 3.55. The zero-order chi connectivity index (χ0) is 8.97. The minimum Gasteiger partial charge on any atom is -0.206 e. The molecule has 1 rings (SSSR count). The molecule has 0 spiro atoms. The van der Waals surface area contributed by atoms with E-state index in [0.717, 1.165) is 5.56 Å². The van der Waals surface area contributed by atoms with Crippen molar-refractivity contribution in [2.45, 2.75) is 12.8 Å². The van der Waals surface area contributed by atoms with Crippen molar-refractivity contribution < 1.29 is 4.39 Å². The Kier molecular flexibility index (Phi) is 3.24. The zero-order valence-electron chi connectivity index (χ0n) is 6.35. The summed E-state index contributed by atoms with van der Waals surface area (Å²) in [6.07, 6.45) is 1.15. The van der Waals surface area contributed by atoms with Gasteiger partial charge < -0.3 is 0 Å². The highest BCUT2D eigenvalue weighted by Crippen LogP contribution is 2.17. The standard InChI is InChI=1S/C9H7BrFN/c10-8-6-7(2-1-5-12)3-4-9(8)11/h3-4,6H,1-2H2. The Morgan fingerprint density at radius 1 is 1.50 bits per heavy atom. The lowest BCUT2D eigenvalue weighted by molar-refractivity contribution is 0.620. The summed E-state index contributed by atoms with van der Waals surface area (Å²) in [6.45, 7) is 0. The van der Waals surface area contributed by atoms with Gasteiger partial charge in [-0.1, -0.05) is 6.07 Å². The fourth-order valence-electron chi connectivity index (χ4n) is 0.895. The Morgan fingerprint density at radius 3 is 2.83 bits per heavy atom. The van der Waals surface area contributed by atoms with Crippen LogP contribution in [0.5, 0.6) is 0 Å². The molecular weight excluding hydrogens is 221 g/mol. The van der Waals surface area contributed by atoms with Crippen LogP contribution in [0.15, 0.2) is 22.7 Å². The van der Waals surface area contributed by atoms with E-state index in [9.17, 15) is 4.39 Å². The van der Waals surface area contributed by atoms with Gasteiger partial charge in [0.1, 0.15) is 5.82 Å². The van der Waals surface area contributed by atoms with Gasteiger partial charge in [-0.05, 0) is 40.0 Å². The van der Waals surface area contributed by atoms with Gasteiger partial charge in [0, 0.05) is 6.42 Å². The van der Waals surface area contributed by atoms with E-state index in [1.807, 2.05) is 6.07 Å². The second kappa shape index (κ2) is 4.22. The summed E-state index contributed by atoms with van der Waals surface area (Å²) in [5, 5.41) is 8.32. The molecule has 0 N–H and O–H groups in total. The number of nitriles is 1. The van der Waals surface area contributed by atoms with Gasteiger partial charge in [0.05, 0.1) is 10.5 Å². The SMILES string of the molecule is N#CCCc1ccc(F)c(Br)c1. The molecule has 0 heterocycles. The van der Waals surface area contributed by atoms with Crippen molar-refractivity contribution in [3.8, 4) is 6.07 Å². The lowest BCUT2D eigenvalue weighted by Gasteiger charge is -1.98. The molecule has 0 aromatic heterocycles. The van der Waals surface area contributed by atoms with Crippen LogP contribution in [0.1, 0.15) is 12.0 Å². The Balaban J connectivity index is 2.77. The highest BCUT2D eigenvalue weighted by atomic mass is 79.9. The maximum atomic E-state index is 12.7. The lowest BCUT2D eigenvalue weighted by atomic mass is 10.1. The Morgan fingerprint density at radius 2 is 2.25 bits per heavy atom. The van der Waals surface area contributed by atoms with Crippen LogP contribution >= 0.6 is 15.9 Å². The molecule has 0 radical (unpaired) electrons. The molecule has 62 valence electrons. The molecule has 0 saturated heterocycles. The quantitative estimate of drug-likeness (QED) is 0.763. The molecule has 0 atom stereocenters. The van der Waals surface area contributed by atoms with E-state index in [-0.39, 0.29) is 5.82 Å². The first-order valence-corrected chi connectivity index (χ1v) is 4.34. The average molecular weight is 228 g/mol. The molecule has 1 aromatic rings. The van der Waals surface area contributed by atoms with E-state index < -0.39 is 0 Å². The molecule has 0 amide bonds. The third-order valence-corrected chi connectivity index (χ3v) is 2.12. The Hall–Kier alpha value is -0.880. The van der Waals surface area contributed by atoms with Crippen LogP contribution in [0.3, 0.4) is 0 Å². The van der Waals surface area contributed by atoms with Gasteiger partial charge in [-0.2, -0.15) is 5.26 Å². The summed E-state index contributed by atoms with van der Waals surface area (Å²) >= 11 is 3.08. The van der Waals surface area contributed by atoms with Crippen molar-refractivity contribution in [2.75, 3.05) is 0 Å². The van der Waals surface area contributed by atoms with Crippen LogP contribution < -0.4 is 0 Å². The number of halogens is 2. The summed E-state index contributed by atoms with van der Waals surface area (Å²) in [6, 6.07) is 6.83. The number of aryl methyl sites for hydroxylation is 1. The topological polar surface area (TPSA) is 23.8 Å². The molecule has 0 unspecified atom stereocenters. The average Bonchev–Trinajstić information content (AvgIpc) is 2.07. The maximum absolute atomic E-state index is 12.7. The van der Waals surface area contributed by atoms with Gasteiger partial charge in [-0.25, -0.2) is 4.39 Å². The molecule has 0 fully saturated rings. The number of benzene rings is 1. The number of hydrogen-bond donors (Lipinski definition) is 0. The van der Waals surface area contributed by atoms with Gasteiger partial charge in [-0.3, -0.25) is 0 Å². The number of rotatable bonds is 2. The number of hydrogen-bond acceptors (Lipinski definition) is 1. The van der Waals surface area contributed by atoms with Crippen LogP contribution in [0.25, 0.3) is 0 Å². The molecule has 0 aliphatic heterocycles. The fourth-order valence-corrected chi connectivity index (χ4v) is 1.32. The third kappa shape index (κ3) is 2.31. The molecule has 0 saturated carbocycles. The van der Waals surface area contributed by atoms with Crippen molar-refractivity contribution >= 4 is 15.9 Å². The molecular formula is C9H7BrFN. The maximum Gasteiger partial charge on any atom is 0.137 e. The molecule has 0 aliphatic rings. The zero-order valence-corrected chi connectivity index (χ0v) is 7.94. The first kappa shape index (κ1) is 9.21. The van der Waals surface area contributed by atoms with Crippen molar-refractivity contribution in [3.05, 3.63) is 34.1 Å². The van der Waals surface area contributed by atoms with Gasteiger partial charge in [0.2, 0.25) is 0 Å². The van der Waals surface area contributed by atoms with Crippen molar-refractivity contribution in [1.82, 2.24) is 0 Å². The molecule has 1 nitrogen and oxygen atoms in total. The largest absolute Gasteiger partial charge is 0.206 e. The van der Waals surface area contributed by atoms with Gasteiger partial charge >= 0.3 is 0 Å². The van der Waals surface area contributed by atoms with Crippen LogP contribution in [-0.2, 0) is 6.42 Å². The molecule has 0 aliphatic carbocycles. The minimum atomic E-state index is -0.268. The molecule has 3 heteroatoms. The van der Waals surface area contributed by atoms with E-state index in [4.69, 9.17) is 5.26 Å². The molecule has 1 aromatic carbocycles. The fraction of sp³-hybridized carbons (Fsp3) is 0.222. The second-order valence-corrected chi connectivity index (χ2v) is 3.26. The summed E-state index contributed by atoms with van der Waals surface area (Å²) in [4.78, 5) is 0. The Bertz CT molecular complexity index is 317. The van der Waals surface area contributed by atoms with E-state index in [0.29, 0.717) is 17.3 Å². The summed E-state index contributed by atoms with van der Waals surface area (Å²) in [5.41, 5.74) is 0.977. The smallest absolute Gasteiger partial charge is 0.137 e. The number of nitrogens with zero attached hydrogens (tertiary/aromatic N) is 1. The van der Waals surface area contributed by atoms with Gasteiger partial charge in [0.25, 0.3) is 0 Å². The van der Waals surface area contributed by atoms with E-state index in [2.05, 4.69) is 15.9 Å². The lowest BCUT2D eigenvalue weighted by Crippen LogP contribution is -1.85. The van der Waals surface area contributed by atoms with Crippen LogP contribution in [-0.4, -0.2) is 0 Å². The minimum absolute atomic E-state index is 0.268. The van der Waals surface area contributed by atoms with E-state index >= 15 is 0 Å². The highest BCUT2D eigenvalue weighted by molar-refractivity contribution is 9.10. The molecule has 12 heavy (non-hydrogen) atoms. The first-order chi connectivity index (χ1) is 5.74. The van der Waals surface area contributed by atoms with E-state index in [1.54, 1.807) is 12.1 Å². The molecule has 0 bridgehead atoms. The van der Waals surface area contributed by atoms with Gasteiger partial charge in [-0.15, -0.1) is 0 Å². The van der Waals surface area contributed by atoms with Crippen molar-refractivity contribution in [1.29, 1.82) is 5.26 Å². The van der Waals surface area contributed by atoms with Crippen LogP contribution in [0.4, 0.5) is 4.39 Å². The van der Waals surface area contributed by atoms with Crippen LogP contribution in [0.2, 0.25) is 0 Å².